The number of carbonyl (C=O) groups excluding carboxylic acids is 2. The number of fused-ring (bicyclic) bond motifs is 5. The van der Waals surface area contributed by atoms with Crippen LogP contribution in [0.2, 0.25) is 0 Å². The molecule has 4 rings (SSSR count). The number of rotatable bonds is 0. The zero-order valence-electron chi connectivity index (χ0n) is 14.6. The number of hydrazine groups is 1. The molecule has 24 heavy (non-hydrogen) atoms. The van der Waals surface area contributed by atoms with Crippen molar-refractivity contribution >= 4 is 11.8 Å². The Kier molecular flexibility index (Phi) is 3.49. The van der Waals surface area contributed by atoms with Crippen LogP contribution in [0, 0.1) is 28.6 Å². The van der Waals surface area contributed by atoms with Crippen LogP contribution in [-0.2, 0) is 9.59 Å². The minimum atomic E-state index is -0.500. The Morgan fingerprint density at radius 2 is 1.83 bits per heavy atom. The summed E-state index contributed by atoms with van der Waals surface area (Å²) in [6.45, 7) is 4.35. The first-order valence-corrected chi connectivity index (χ1v) is 9.27. The zero-order chi connectivity index (χ0) is 17.3. The lowest BCUT2D eigenvalue weighted by molar-refractivity contribution is -0.171. The molecular weight excluding hydrogens is 304 g/mol. The van der Waals surface area contributed by atoms with Crippen molar-refractivity contribution in [3.8, 4) is 0 Å². The van der Waals surface area contributed by atoms with Crippen molar-refractivity contribution in [1.82, 2.24) is 5.01 Å². The lowest BCUT2D eigenvalue weighted by Gasteiger charge is -2.59. The summed E-state index contributed by atoms with van der Waals surface area (Å²) in [7, 11) is 0. The van der Waals surface area contributed by atoms with E-state index in [4.69, 9.17) is 5.84 Å². The van der Waals surface area contributed by atoms with Gasteiger partial charge in [0, 0.05) is 6.42 Å². The SMILES string of the molecule is C[C@]12CC[C@H](O)CC1=CC[C@@H]1C2CC[C@]2(C)C(=O)N(N)C(=O)CC12. The Labute approximate surface area is 143 Å². The van der Waals surface area contributed by atoms with Gasteiger partial charge in [-0.3, -0.25) is 9.59 Å². The highest BCUT2D eigenvalue weighted by molar-refractivity contribution is 6.00. The maximum absolute atomic E-state index is 12.7. The number of piperidine rings is 1. The highest BCUT2D eigenvalue weighted by Gasteiger charge is 2.60. The molecule has 1 heterocycles. The first-order valence-electron chi connectivity index (χ1n) is 9.27. The Bertz CT molecular complexity index is 630. The molecule has 0 spiro atoms. The molecule has 3 aliphatic carbocycles. The van der Waals surface area contributed by atoms with E-state index in [-0.39, 0.29) is 29.3 Å². The number of amides is 2. The Balaban J connectivity index is 1.71. The Morgan fingerprint density at radius 1 is 1.12 bits per heavy atom. The summed E-state index contributed by atoms with van der Waals surface area (Å²) in [5.41, 5.74) is 1.02. The molecule has 2 unspecified atom stereocenters. The average Bonchev–Trinajstić information content (AvgIpc) is 2.55. The number of imide groups is 1. The first-order chi connectivity index (χ1) is 11.3. The average molecular weight is 332 g/mol. The molecule has 3 fully saturated rings. The van der Waals surface area contributed by atoms with Crippen LogP contribution in [0.5, 0.6) is 0 Å². The normalized spacial score (nSPS) is 48.3. The van der Waals surface area contributed by atoms with Gasteiger partial charge in [-0.25, -0.2) is 10.9 Å². The fourth-order valence-electron chi connectivity index (χ4n) is 6.28. The number of nitrogens with zero attached hydrogens (tertiary/aromatic N) is 1. The van der Waals surface area contributed by atoms with Crippen molar-refractivity contribution in [2.45, 2.75) is 64.9 Å². The fraction of sp³-hybridized carbons (Fsp3) is 0.789. The van der Waals surface area contributed by atoms with E-state index in [1.807, 2.05) is 6.92 Å². The van der Waals surface area contributed by atoms with Gasteiger partial charge in [-0.2, -0.15) is 0 Å². The van der Waals surface area contributed by atoms with Gasteiger partial charge in [0.05, 0.1) is 11.5 Å². The topological polar surface area (TPSA) is 83.6 Å². The lowest BCUT2D eigenvalue weighted by Crippen LogP contribution is -2.62. The molecule has 2 amide bonds. The molecule has 1 saturated heterocycles. The summed E-state index contributed by atoms with van der Waals surface area (Å²) in [6, 6.07) is 0. The summed E-state index contributed by atoms with van der Waals surface area (Å²) in [6.07, 6.45) is 7.88. The predicted molar refractivity (Wildman–Crippen MR) is 89.1 cm³/mol. The molecule has 1 aliphatic heterocycles. The van der Waals surface area contributed by atoms with E-state index in [1.165, 1.54) is 5.57 Å². The first kappa shape index (κ1) is 16.3. The van der Waals surface area contributed by atoms with E-state index in [9.17, 15) is 14.7 Å². The number of aliphatic hydroxyl groups is 1. The number of carbonyl (C=O) groups is 2. The maximum Gasteiger partial charge on any atom is 0.249 e. The Hall–Kier alpha value is -1.20. The van der Waals surface area contributed by atoms with Crippen molar-refractivity contribution in [3.63, 3.8) is 0 Å². The van der Waals surface area contributed by atoms with Crippen molar-refractivity contribution < 1.29 is 14.7 Å². The molecule has 4 aliphatic rings. The predicted octanol–water partition coefficient (Wildman–Crippen LogP) is 2.15. The second kappa shape index (κ2) is 5.15. The van der Waals surface area contributed by atoms with Crippen LogP contribution in [0.15, 0.2) is 11.6 Å². The minimum Gasteiger partial charge on any atom is -0.393 e. The summed E-state index contributed by atoms with van der Waals surface area (Å²) in [5.74, 6) is 6.27. The summed E-state index contributed by atoms with van der Waals surface area (Å²) < 4.78 is 0. The van der Waals surface area contributed by atoms with Crippen molar-refractivity contribution in [2.24, 2.45) is 34.4 Å². The van der Waals surface area contributed by atoms with Gasteiger partial charge in [0.1, 0.15) is 0 Å². The lowest BCUT2D eigenvalue weighted by atomic mass is 9.46. The largest absolute Gasteiger partial charge is 0.393 e. The number of hydrogen-bond donors (Lipinski definition) is 2. The molecule has 0 aromatic carbocycles. The smallest absolute Gasteiger partial charge is 0.249 e. The minimum absolute atomic E-state index is 0.0949. The molecule has 5 heteroatoms. The quantitative estimate of drug-likeness (QED) is 0.308. The second-order valence-electron chi connectivity index (χ2n) is 8.89. The van der Waals surface area contributed by atoms with Gasteiger partial charge in [-0.05, 0) is 61.7 Å². The van der Waals surface area contributed by atoms with E-state index in [0.717, 1.165) is 43.5 Å². The van der Waals surface area contributed by atoms with E-state index in [0.29, 0.717) is 18.3 Å². The van der Waals surface area contributed by atoms with Crippen LogP contribution >= 0.6 is 0 Å². The van der Waals surface area contributed by atoms with Gasteiger partial charge >= 0.3 is 0 Å². The number of aliphatic hydroxyl groups excluding tert-OH is 1. The molecule has 0 aromatic heterocycles. The number of nitrogens with two attached hydrogens (primary N) is 1. The fourth-order valence-corrected chi connectivity index (χ4v) is 6.28. The summed E-state index contributed by atoms with van der Waals surface area (Å²) in [4.78, 5) is 24.9. The van der Waals surface area contributed by atoms with Crippen LogP contribution in [0.1, 0.15) is 58.8 Å². The summed E-state index contributed by atoms with van der Waals surface area (Å²) in [5, 5.41) is 10.9. The van der Waals surface area contributed by atoms with Gasteiger partial charge in [0.25, 0.3) is 0 Å². The molecule has 3 N–H and O–H groups in total. The molecule has 132 valence electrons. The van der Waals surface area contributed by atoms with E-state index in [1.54, 1.807) is 0 Å². The van der Waals surface area contributed by atoms with Gasteiger partial charge in [-0.15, -0.1) is 0 Å². The van der Waals surface area contributed by atoms with Crippen LogP contribution in [0.3, 0.4) is 0 Å². The highest BCUT2D eigenvalue weighted by atomic mass is 16.3. The second-order valence-corrected chi connectivity index (χ2v) is 8.89. The van der Waals surface area contributed by atoms with Crippen LogP contribution in [-0.4, -0.2) is 28.0 Å². The zero-order valence-corrected chi connectivity index (χ0v) is 14.6. The van der Waals surface area contributed by atoms with Gasteiger partial charge in [-0.1, -0.05) is 25.5 Å². The molecule has 2 saturated carbocycles. The molecular formula is C19H28N2O3. The van der Waals surface area contributed by atoms with E-state index in [2.05, 4.69) is 13.0 Å². The van der Waals surface area contributed by atoms with Crippen LogP contribution in [0.4, 0.5) is 0 Å². The third-order valence-electron chi connectivity index (χ3n) is 7.84. The summed E-state index contributed by atoms with van der Waals surface area (Å²) >= 11 is 0. The van der Waals surface area contributed by atoms with E-state index >= 15 is 0 Å². The van der Waals surface area contributed by atoms with Gasteiger partial charge < -0.3 is 5.11 Å². The third kappa shape index (κ3) is 2.00. The van der Waals surface area contributed by atoms with Crippen molar-refractivity contribution in [1.29, 1.82) is 0 Å². The number of allylic oxidation sites excluding steroid dienone is 1. The van der Waals surface area contributed by atoms with Crippen molar-refractivity contribution in [3.05, 3.63) is 11.6 Å². The molecule has 0 bridgehead atoms. The van der Waals surface area contributed by atoms with Crippen LogP contribution < -0.4 is 5.84 Å². The highest BCUT2D eigenvalue weighted by Crippen LogP contribution is 2.62. The molecule has 0 radical (unpaired) electrons. The monoisotopic (exact) mass is 332 g/mol. The third-order valence-corrected chi connectivity index (χ3v) is 7.84. The molecule has 5 nitrogen and oxygen atoms in total. The standard InChI is InChI=1S/C19H28N2O3/c1-18-7-5-12(22)9-11(18)3-4-13-14(18)6-8-19(2)15(13)10-16(23)21(20)17(19)24/h3,12-15,22H,4-10,20H2,1-2H3/t12-,13+,14?,15?,18-,19-/m0/s1. The van der Waals surface area contributed by atoms with Crippen molar-refractivity contribution in [2.75, 3.05) is 0 Å². The maximum atomic E-state index is 12.7. The van der Waals surface area contributed by atoms with Gasteiger partial charge in [0.15, 0.2) is 0 Å². The molecule has 0 aromatic rings. The van der Waals surface area contributed by atoms with Crippen LogP contribution in [0.25, 0.3) is 0 Å². The van der Waals surface area contributed by atoms with Gasteiger partial charge in [0.2, 0.25) is 11.8 Å². The Morgan fingerprint density at radius 3 is 2.58 bits per heavy atom. The molecule has 6 atom stereocenters. The van der Waals surface area contributed by atoms with E-state index < -0.39 is 5.41 Å². The number of hydrogen-bond acceptors (Lipinski definition) is 4.